The SMILES string of the molecule is O=C(NCC1CCCO1)c1ccc2c(=O)n(-c3cccc(C(F)(F)F)c3)cnc2c1. The molecule has 1 unspecified atom stereocenters. The third kappa shape index (κ3) is 4.06. The summed E-state index contributed by atoms with van der Waals surface area (Å²) in [5.41, 5.74) is -0.698. The van der Waals surface area contributed by atoms with Crippen molar-refractivity contribution in [3.63, 3.8) is 0 Å². The second-order valence-electron chi connectivity index (χ2n) is 7.04. The first-order valence-electron chi connectivity index (χ1n) is 9.42. The highest BCUT2D eigenvalue weighted by Crippen LogP contribution is 2.30. The normalized spacial score (nSPS) is 16.7. The molecule has 1 N–H and O–H groups in total. The van der Waals surface area contributed by atoms with Crippen LogP contribution in [-0.4, -0.2) is 34.7 Å². The summed E-state index contributed by atoms with van der Waals surface area (Å²) in [5.74, 6) is -0.309. The van der Waals surface area contributed by atoms with Gasteiger partial charge in [0.15, 0.2) is 0 Å². The number of nitrogens with zero attached hydrogens (tertiary/aromatic N) is 2. The highest BCUT2D eigenvalue weighted by atomic mass is 19.4. The van der Waals surface area contributed by atoms with E-state index in [4.69, 9.17) is 4.74 Å². The molecule has 4 rings (SSSR count). The molecule has 2 heterocycles. The summed E-state index contributed by atoms with van der Waals surface area (Å²) in [7, 11) is 0. The number of aromatic nitrogens is 2. The van der Waals surface area contributed by atoms with E-state index in [0.717, 1.165) is 35.9 Å². The van der Waals surface area contributed by atoms with Crippen LogP contribution in [0.25, 0.3) is 16.6 Å². The third-order valence-corrected chi connectivity index (χ3v) is 4.99. The zero-order chi connectivity index (χ0) is 21.3. The van der Waals surface area contributed by atoms with E-state index in [2.05, 4.69) is 10.3 Å². The van der Waals surface area contributed by atoms with Crippen molar-refractivity contribution in [1.29, 1.82) is 0 Å². The van der Waals surface area contributed by atoms with Crippen LogP contribution in [0.4, 0.5) is 13.2 Å². The van der Waals surface area contributed by atoms with Gasteiger partial charge in [0.1, 0.15) is 6.33 Å². The molecule has 0 aliphatic carbocycles. The number of amides is 1. The lowest BCUT2D eigenvalue weighted by Gasteiger charge is -2.12. The van der Waals surface area contributed by atoms with Gasteiger partial charge in [0.25, 0.3) is 11.5 Å². The Hall–Kier alpha value is -3.20. The lowest BCUT2D eigenvalue weighted by Crippen LogP contribution is -2.31. The summed E-state index contributed by atoms with van der Waals surface area (Å²) >= 11 is 0. The Bertz CT molecular complexity index is 1150. The van der Waals surface area contributed by atoms with Crippen molar-refractivity contribution < 1.29 is 22.7 Å². The minimum absolute atomic E-state index is 0.00666. The van der Waals surface area contributed by atoms with Gasteiger partial charge in [0, 0.05) is 18.7 Å². The predicted molar refractivity (Wildman–Crippen MR) is 104 cm³/mol. The van der Waals surface area contributed by atoms with Crippen molar-refractivity contribution in [1.82, 2.24) is 14.9 Å². The number of carbonyl (C=O) groups is 1. The predicted octanol–water partition coefficient (Wildman–Crippen LogP) is 3.31. The van der Waals surface area contributed by atoms with E-state index in [0.29, 0.717) is 18.7 Å². The van der Waals surface area contributed by atoms with Crippen LogP contribution in [0.2, 0.25) is 0 Å². The van der Waals surface area contributed by atoms with Crippen molar-refractivity contribution >= 4 is 16.8 Å². The van der Waals surface area contributed by atoms with Crippen LogP contribution in [-0.2, 0) is 10.9 Å². The van der Waals surface area contributed by atoms with E-state index in [-0.39, 0.29) is 28.6 Å². The molecule has 0 bridgehead atoms. The molecule has 2 aromatic carbocycles. The van der Waals surface area contributed by atoms with E-state index in [1.165, 1.54) is 30.3 Å². The van der Waals surface area contributed by atoms with E-state index >= 15 is 0 Å². The minimum atomic E-state index is -4.52. The summed E-state index contributed by atoms with van der Waals surface area (Å²) in [5, 5.41) is 3.00. The van der Waals surface area contributed by atoms with Crippen molar-refractivity contribution in [3.8, 4) is 5.69 Å². The molecule has 6 nitrogen and oxygen atoms in total. The molecule has 0 saturated carbocycles. The second-order valence-corrected chi connectivity index (χ2v) is 7.04. The largest absolute Gasteiger partial charge is 0.416 e. The van der Waals surface area contributed by atoms with Crippen LogP contribution < -0.4 is 10.9 Å². The Morgan fingerprint density at radius 3 is 2.80 bits per heavy atom. The molecule has 30 heavy (non-hydrogen) atoms. The van der Waals surface area contributed by atoms with Crippen LogP contribution in [0.5, 0.6) is 0 Å². The number of carbonyl (C=O) groups excluding carboxylic acids is 1. The topological polar surface area (TPSA) is 73.2 Å². The van der Waals surface area contributed by atoms with Gasteiger partial charge < -0.3 is 10.1 Å². The zero-order valence-corrected chi connectivity index (χ0v) is 15.8. The average molecular weight is 417 g/mol. The van der Waals surface area contributed by atoms with Crippen molar-refractivity contribution in [2.75, 3.05) is 13.2 Å². The molecule has 156 valence electrons. The molecule has 1 amide bonds. The van der Waals surface area contributed by atoms with E-state index < -0.39 is 17.3 Å². The monoisotopic (exact) mass is 417 g/mol. The molecule has 1 fully saturated rings. The lowest BCUT2D eigenvalue weighted by atomic mass is 10.1. The Balaban J connectivity index is 1.61. The number of hydrogen-bond acceptors (Lipinski definition) is 4. The molecule has 0 radical (unpaired) electrons. The second kappa shape index (κ2) is 7.91. The summed E-state index contributed by atoms with van der Waals surface area (Å²) < 4.78 is 45.4. The molecule has 1 atom stereocenters. The van der Waals surface area contributed by atoms with E-state index in [1.807, 2.05) is 0 Å². The van der Waals surface area contributed by atoms with Crippen molar-refractivity contribution in [3.05, 3.63) is 70.3 Å². The van der Waals surface area contributed by atoms with Gasteiger partial charge in [-0.3, -0.25) is 14.2 Å². The lowest BCUT2D eigenvalue weighted by molar-refractivity contribution is -0.137. The van der Waals surface area contributed by atoms with Gasteiger partial charge in [-0.2, -0.15) is 13.2 Å². The number of benzene rings is 2. The van der Waals surface area contributed by atoms with Gasteiger partial charge in [0.2, 0.25) is 0 Å². The maximum Gasteiger partial charge on any atom is 0.416 e. The Morgan fingerprint density at radius 1 is 1.23 bits per heavy atom. The fourth-order valence-electron chi connectivity index (χ4n) is 3.39. The van der Waals surface area contributed by atoms with Gasteiger partial charge >= 0.3 is 6.18 Å². The van der Waals surface area contributed by atoms with Crippen LogP contribution in [0.1, 0.15) is 28.8 Å². The molecule has 1 saturated heterocycles. The summed E-state index contributed by atoms with van der Waals surface area (Å²) in [6, 6.07) is 8.89. The van der Waals surface area contributed by atoms with Crippen LogP contribution in [0, 0.1) is 0 Å². The van der Waals surface area contributed by atoms with Crippen molar-refractivity contribution in [2.45, 2.75) is 25.1 Å². The van der Waals surface area contributed by atoms with Gasteiger partial charge in [-0.15, -0.1) is 0 Å². The summed E-state index contributed by atoms with van der Waals surface area (Å²) in [4.78, 5) is 29.3. The Morgan fingerprint density at radius 2 is 2.07 bits per heavy atom. The van der Waals surface area contributed by atoms with Gasteiger partial charge in [0.05, 0.1) is 28.3 Å². The number of ether oxygens (including phenoxy) is 1. The van der Waals surface area contributed by atoms with Gasteiger partial charge in [-0.1, -0.05) is 6.07 Å². The highest BCUT2D eigenvalue weighted by molar-refractivity contribution is 5.97. The minimum Gasteiger partial charge on any atom is -0.376 e. The molecule has 1 aliphatic rings. The number of fused-ring (bicyclic) bond motifs is 1. The molecule has 3 aromatic rings. The highest BCUT2D eigenvalue weighted by Gasteiger charge is 2.30. The van der Waals surface area contributed by atoms with Crippen LogP contribution in [0.3, 0.4) is 0 Å². The maximum atomic E-state index is 13.0. The number of rotatable bonds is 4. The Labute approximate surface area is 169 Å². The third-order valence-electron chi connectivity index (χ3n) is 4.99. The van der Waals surface area contributed by atoms with Gasteiger partial charge in [-0.05, 0) is 49.2 Å². The van der Waals surface area contributed by atoms with Crippen LogP contribution >= 0.6 is 0 Å². The first kappa shape index (κ1) is 20.1. The maximum absolute atomic E-state index is 13.0. The fourth-order valence-corrected chi connectivity index (χ4v) is 3.39. The zero-order valence-electron chi connectivity index (χ0n) is 15.8. The molecule has 1 aliphatic heterocycles. The van der Waals surface area contributed by atoms with Gasteiger partial charge in [-0.25, -0.2) is 4.98 Å². The number of hydrogen-bond donors (Lipinski definition) is 1. The Kier molecular flexibility index (Phi) is 5.29. The molecular weight excluding hydrogens is 399 g/mol. The summed E-state index contributed by atoms with van der Waals surface area (Å²) in [6.07, 6.45) is -1.48. The molecular formula is C21H18F3N3O3. The van der Waals surface area contributed by atoms with Crippen LogP contribution in [0.15, 0.2) is 53.6 Å². The molecule has 1 aromatic heterocycles. The molecule has 0 spiro atoms. The van der Waals surface area contributed by atoms with E-state index in [1.54, 1.807) is 0 Å². The number of nitrogens with one attached hydrogen (secondary N) is 1. The first-order valence-corrected chi connectivity index (χ1v) is 9.42. The summed E-state index contributed by atoms with van der Waals surface area (Å²) in [6.45, 7) is 1.10. The number of alkyl halides is 3. The average Bonchev–Trinajstić information content (AvgIpc) is 3.25. The molecule has 9 heteroatoms. The number of halogens is 3. The quantitative estimate of drug-likeness (QED) is 0.707. The standard InChI is InChI=1S/C21H18F3N3O3/c22-21(23,24)14-3-1-4-15(10-14)27-12-26-18-9-13(6-7-17(18)20(27)29)19(28)25-11-16-5-2-8-30-16/h1,3-4,6-7,9-10,12,16H,2,5,8,11H2,(H,25,28). The smallest absolute Gasteiger partial charge is 0.376 e. The van der Waals surface area contributed by atoms with Crippen molar-refractivity contribution in [2.24, 2.45) is 0 Å². The fraction of sp³-hybridized carbons (Fsp3) is 0.286. The first-order chi connectivity index (χ1) is 14.3. The van der Waals surface area contributed by atoms with E-state index in [9.17, 15) is 22.8 Å².